The second kappa shape index (κ2) is 7.37. The van der Waals surface area contributed by atoms with Gasteiger partial charge >= 0.3 is 0 Å². The van der Waals surface area contributed by atoms with E-state index in [2.05, 4.69) is 15.2 Å². The highest BCUT2D eigenvalue weighted by atomic mass is 16.5. The second-order valence-corrected chi connectivity index (χ2v) is 7.70. The molecule has 1 aliphatic heterocycles. The predicted octanol–water partition coefficient (Wildman–Crippen LogP) is 1.24. The van der Waals surface area contributed by atoms with Gasteiger partial charge in [0.05, 0.1) is 17.7 Å². The lowest BCUT2D eigenvalue weighted by molar-refractivity contribution is -0.131. The van der Waals surface area contributed by atoms with Gasteiger partial charge in [-0.1, -0.05) is 5.16 Å². The van der Waals surface area contributed by atoms with Crippen molar-refractivity contribution < 1.29 is 14.1 Å². The number of likely N-dealkylation sites (N-methyl/N-ethyl adjacent to an activating group) is 1. The van der Waals surface area contributed by atoms with E-state index in [1.54, 1.807) is 16.0 Å². The van der Waals surface area contributed by atoms with Gasteiger partial charge in [-0.2, -0.15) is 10.1 Å². The Morgan fingerprint density at radius 3 is 2.71 bits per heavy atom. The van der Waals surface area contributed by atoms with Gasteiger partial charge in [-0.3, -0.25) is 14.3 Å². The zero-order chi connectivity index (χ0) is 19.8. The molecule has 2 aromatic heterocycles. The molecule has 4 rings (SSSR count). The summed E-state index contributed by atoms with van der Waals surface area (Å²) < 4.78 is 7.20. The molecule has 9 heteroatoms. The van der Waals surface area contributed by atoms with Crippen LogP contribution in [0, 0.1) is 12.8 Å². The summed E-state index contributed by atoms with van der Waals surface area (Å²) in [6.45, 7) is 6.38. The third-order valence-corrected chi connectivity index (χ3v) is 5.61. The van der Waals surface area contributed by atoms with Crippen molar-refractivity contribution in [1.82, 2.24) is 29.7 Å². The highest BCUT2D eigenvalue weighted by Gasteiger charge is 2.37. The van der Waals surface area contributed by atoms with Crippen molar-refractivity contribution in [2.75, 3.05) is 26.7 Å². The first-order valence-electron chi connectivity index (χ1n) is 9.87. The van der Waals surface area contributed by atoms with Crippen LogP contribution in [0.25, 0.3) is 0 Å². The molecule has 150 valence electrons. The lowest BCUT2D eigenvalue weighted by Gasteiger charge is -2.37. The van der Waals surface area contributed by atoms with Gasteiger partial charge in [0.2, 0.25) is 11.8 Å². The van der Waals surface area contributed by atoms with E-state index < -0.39 is 0 Å². The average molecular weight is 386 g/mol. The van der Waals surface area contributed by atoms with Crippen molar-refractivity contribution in [1.29, 1.82) is 0 Å². The van der Waals surface area contributed by atoms with Gasteiger partial charge in [0, 0.05) is 51.3 Å². The van der Waals surface area contributed by atoms with Crippen LogP contribution in [0.15, 0.2) is 10.7 Å². The molecule has 1 saturated carbocycles. The van der Waals surface area contributed by atoms with Crippen LogP contribution in [-0.2, 0) is 17.8 Å². The first kappa shape index (κ1) is 18.6. The van der Waals surface area contributed by atoms with Crippen LogP contribution in [-0.4, -0.2) is 68.2 Å². The Morgan fingerprint density at radius 1 is 1.32 bits per heavy atom. The van der Waals surface area contributed by atoms with Crippen molar-refractivity contribution in [2.24, 2.45) is 5.92 Å². The molecule has 1 saturated heterocycles. The van der Waals surface area contributed by atoms with Crippen LogP contribution in [0.4, 0.5) is 0 Å². The Morgan fingerprint density at radius 2 is 2.07 bits per heavy atom. The van der Waals surface area contributed by atoms with E-state index >= 15 is 0 Å². The van der Waals surface area contributed by atoms with Crippen molar-refractivity contribution in [3.63, 3.8) is 0 Å². The number of nitrogens with zero attached hydrogens (tertiary/aromatic N) is 6. The van der Waals surface area contributed by atoms with Crippen LogP contribution in [0.1, 0.15) is 53.5 Å². The summed E-state index contributed by atoms with van der Waals surface area (Å²) in [5.74, 6) is 1.66. The molecule has 0 unspecified atom stereocenters. The van der Waals surface area contributed by atoms with E-state index in [0.717, 1.165) is 25.1 Å². The highest BCUT2D eigenvalue weighted by Crippen LogP contribution is 2.31. The summed E-state index contributed by atoms with van der Waals surface area (Å²) in [4.78, 5) is 32.6. The Kier molecular flexibility index (Phi) is 4.91. The lowest BCUT2D eigenvalue weighted by atomic mass is 9.99. The van der Waals surface area contributed by atoms with Crippen molar-refractivity contribution in [3.05, 3.63) is 29.2 Å². The minimum atomic E-state index is -0.00611. The standard InChI is InChI=1S/C19H26N6O3/c1-4-25-12(2)15(9-20-25)19(27)24-10-14(11-24)17-21-16(22-28-17)7-8-23(3)18(26)13-5-6-13/h9,13-14H,4-8,10-11H2,1-3H3. The first-order valence-corrected chi connectivity index (χ1v) is 9.87. The molecule has 3 heterocycles. The topological polar surface area (TPSA) is 97.4 Å². The molecule has 28 heavy (non-hydrogen) atoms. The molecule has 0 bridgehead atoms. The van der Waals surface area contributed by atoms with Gasteiger partial charge in [0.15, 0.2) is 5.82 Å². The number of aryl methyl sites for hydroxylation is 1. The van der Waals surface area contributed by atoms with Gasteiger partial charge in [-0.05, 0) is 26.7 Å². The smallest absolute Gasteiger partial charge is 0.257 e. The molecule has 0 spiro atoms. The molecule has 1 aliphatic carbocycles. The summed E-state index contributed by atoms with van der Waals surface area (Å²) >= 11 is 0. The maximum absolute atomic E-state index is 12.6. The number of carbonyl (C=O) groups excluding carboxylic acids is 2. The SMILES string of the molecule is CCn1ncc(C(=O)N2CC(c3nc(CCN(C)C(=O)C4CC4)no3)C2)c1C. The number of rotatable bonds is 7. The molecule has 2 aromatic rings. The van der Waals surface area contributed by atoms with E-state index in [0.29, 0.717) is 43.3 Å². The monoisotopic (exact) mass is 386 g/mol. The average Bonchev–Trinajstić information content (AvgIpc) is 3.29. The number of hydrogen-bond acceptors (Lipinski definition) is 6. The minimum absolute atomic E-state index is 0.00611. The summed E-state index contributed by atoms with van der Waals surface area (Å²) in [7, 11) is 1.82. The lowest BCUT2D eigenvalue weighted by Crippen LogP contribution is -2.48. The van der Waals surface area contributed by atoms with Gasteiger partial charge in [0.1, 0.15) is 0 Å². The van der Waals surface area contributed by atoms with E-state index in [1.165, 1.54) is 0 Å². The van der Waals surface area contributed by atoms with Crippen LogP contribution in [0.3, 0.4) is 0 Å². The zero-order valence-corrected chi connectivity index (χ0v) is 16.6. The van der Waals surface area contributed by atoms with Gasteiger partial charge < -0.3 is 14.3 Å². The fourth-order valence-corrected chi connectivity index (χ4v) is 3.50. The maximum Gasteiger partial charge on any atom is 0.257 e. The summed E-state index contributed by atoms with van der Waals surface area (Å²) in [5, 5.41) is 8.27. The van der Waals surface area contributed by atoms with Crippen LogP contribution < -0.4 is 0 Å². The minimum Gasteiger partial charge on any atom is -0.345 e. The Balaban J connectivity index is 1.28. The van der Waals surface area contributed by atoms with E-state index in [-0.39, 0.29) is 23.7 Å². The molecule has 2 aliphatic rings. The molecular weight excluding hydrogens is 360 g/mol. The highest BCUT2D eigenvalue weighted by molar-refractivity contribution is 5.95. The second-order valence-electron chi connectivity index (χ2n) is 7.70. The fourth-order valence-electron chi connectivity index (χ4n) is 3.50. The summed E-state index contributed by atoms with van der Waals surface area (Å²) in [6, 6.07) is 0. The molecule has 0 N–H and O–H groups in total. The number of likely N-dealkylation sites (tertiary alicyclic amines) is 1. The van der Waals surface area contributed by atoms with E-state index in [9.17, 15) is 9.59 Å². The van der Waals surface area contributed by atoms with E-state index in [1.807, 2.05) is 25.6 Å². The predicted molar refractivity (Wildman–Crippen MR) is 99.6 cm³/mol. The molecular formula is C19H26N6O3. The fraction of sp³-hybridized carbons (Fsp3) is 0.632. The van der Waals surface area contributed by atoms with Crippen LogP contribution in [0.5, 0.6) is 0 Å². The first-order chi connectivity index (χ1) is 13.5. The number of amides is 2. The zero-order valence-electron chi connectivity index (χ0n) is 16.6. The third kappa shape index (κ3) is 3.53. The number of hydrogen-bond donors (Lipinski definition) is 0. The molecule has 2 amide bonds. The summed E-state index contributed by atoms with van der Waals surface area (Å²) in [5.41, 5.74) is 1.54. The third-order valence-electron chi connectivity index (χ3n) is 5.61. The van der Waals surface area contributed by atoms with Crippen molar-refractivity contribution >= 4 is 11.8 Å². The van der Waals surface area contributed by atoms with Crippen LogP contribution >= 0.6 is 0 Å². The largest absolute Gasteiger partial charge is 0.345 e. The van der Waals surface area contributed by atoms with Crippen molar-refractivity contribution in [3.8, 4) is 0 Å². The Hall–Kier alpha value is -2.71. The quantitative estimate of drug-likeness (QED) is 0.710. The Bertz CT molecular complexity index is 878. The number of carbonyl (C=O) groups is 2. The molecule has 0 radical (unpaired) electrons. The summed E-state index contributed by atoms with van der Waals surface area (Å²) in [6.07, 6.45) is 4.22. The molecule has 9 nitrogen and oxygen atoms in total. The number of aromatic nitrogens is 4. The normalized spacial score (nSPS) is 16.9. The van der Waals surface area contributed by atoms with Crippen molar-refractivity contribution in [2.45, 2.75) is 45.6 Å². The molecule has 2 fully saturated rings. The van der Waals surface area contributed by atoms with Gasteiger partial charge in [-0.15, -0.1) is 0 Å². The van der Waals surface area contributed by atoms with Gasteiger partial charge in [-0.25, -0.2) is 0 Å². The van der Waals surface area contributed by atoms with Crippen LogP contribution in [0.2, 0.25) is 0 Å². The molecule has 0 aromatic carbocycles. The maximum atomic E-state index is 12.6. The Labute approximate surface area is 163 Å². The van der Waals surface area contributed by atoms with Gasteiger partial charge in [0.25, 0.3) is 5.91 Å². The molecule has 0 atom stereocenters. The van der Waals surface area contributed by atoms with E-state index in [4.69, 9.17) is 4.52 Å².